The van der Waals surface area contributed by atoms with Crippen molar-refractivity contribution >= 4 is 0 Å². The summed E-state index contributed by atoms with van der Waals surface area (Å²) in [6, 6.07) is 6.52. The van der Waals surface area contributed by atoms with E-state index in [-0.39, 0.29) is 0 Å². The zero-order valence-corrected chi connectivity index (χ0v) is 9.62. The van der Waals surface area contributed by atoms with E-state index in [2.05, 4.69) is 37.2 Å². The summed E-state index contributed by atoms with van der Waals surface area (Å²) in [6.45, 7) is 1.74. The Kier molecular flexibility index (Phi) is 3.27. The number of hydrogen-bond donors (Lipinski definition) is 0. The molecule has 0 N–H and O–H groups in total. The predicted molar refractivity (Wildman–Crippen MR) is 62.5 cm³/mol. The lowest BCUT2D eigenvalue weighted by molar-refractivity contribution is 0.261. The highest BCUT2D eigenvalue weighted by Crippen LogP contribution is 2.25. The lowest BCUT2D eigenvalue weighted by Gasteiger charge is -2.11. The molecule has 1 aliphatic rings. The monoisotopic (exact) mass is 205 g/mol. The van der Waals surface area contributed by atoms with Gasteiger partial charge in [-0.05, 0) is 56.6 Å². The number of likely N-dealkylation sites (N-methyl/N-ethyl adjacent to an activating group) is 1. The summed E-state index contributed by atoms with van der Waals surface area (Å²) in [5, 5.41) is 0. The third-order valence-electron chi connectivity index (χ3n) is 2.88. The minimum absolute atomic E-state index is 0.770. The molecule has 0 unspecified atom stereocenters. The minimum atomic E-state index is 0.770. The standard InChI is InChI=1S/C13H19NO/c1-14(2)8-9-15-13-7-6-11-4-3-5-12(11)10-13/h6-7,10H,3-5,8-9H2,1-2H3. The molecule has 0 aliphatic heterocycles. The topological polar surface area (TPSA) is 12.5 Å². The average molecular weight is 205 g/mol. The van der Waals surface area contributed by atoms with Crippen LogP contribution in [0.2, 0.25) is 0 Å². The number of nitrogens with zero attached hydrogens (tertiary/aromatic N) is 1. The van der Waals surface area contributed by atoms with Crippen molar-refractivity contribution in [3.8, 4) is 5.75 Å². The van der Waals surface area contributed by atoms with E-state index < -0.39 is 0 Å². The van der Waals surface area contributed by atoms with Crippen molar-refractivity contribution in [1.29, 1.82) is 0 Å². The number of benzene rings is 1. The fourth-order valence-corrected chi connectivity index (χ4v) is 1.98. The Hall–Kier alpha value is -1.02. The van der Waals surface area contributed by atoms with Gasteiger partial charge in [-0.2, -0.15) is 0 Å². The Labute approximate surface area is 91.9 Å². The van der Waals surface area contributed by atoms with Crippen LogP contribution in [0.3, 0.4) is 0 Å². The van der Waals surface area contributed by atoms with Gasteiger partial charge in [-0.3, -0.25) is 0 Å². The summed E-state index contributed by atoms with van der Waals surface area (Å²) in [4.78, 5) is 2.13. The maximum absolute atomic E-state index is 5.70. The lowest BCUT2D eigenvalue weighted by Crippen LogP contribution is -2.19. The summed E-state index contributed by atoms with van der Waals surface area (Å²) in [5.41, 5.74) is 2.99. The van der Waals surface area contributed by atoms with Crippen LogP contribution in [0.5, 0.6) is 5.75 Å². The van der Waals surface area contributed by atoms with E-state index in [4.69, 9.17) is 4.74 Å². The maximum Gasteiger partial charge on any atom is 0.119 e. The van der Waals surface area contributed by atoms with E-state index in [1.165, 1.54) is 30.4 Å². The van der Waals surface area contributed by atoms with Gasteiger partial charge >= 0.3 is 0 Å². The summed E-state index contributed by atoms with van der Waals surface area (Å²) in [6.07, 6.45) is 3.77. The second kappa shape index (κ2) is 4.67. The largest absolute Gasteiger partial charge is 0.492 e. The van der Waals surface area contributed by atoms with Crippen molar-refractivity contribution < 1.29 is 4.74 Å². The number of hydrogen-bond acceptors (Lipinski definition) is 2. The van der Waals surface area contributed by atoms with Crippen LogP contribution in [0.25, 0.3) is 0 Å². The molecule has 0 spiro atoms. The number of ether oxygens (including phenoxy) is 1. The highest BCUT2D eigenvalue weighted by Gasteiger charge is 2.10. The molecule has 1 aliphatic carbocycles. The first-order valence-electron chi connectivity index (χ1n) is 5.65. The molecule has 0 saturated heterocycles. The molecule has 0 aromatic heterocycles. The first kappa shape index (κ1) is 10.5. The van der Waals surface area contributed by atoms with Gasteiger partial charge in [0.05, 0.1) is 0 Å². The second-order valence-corrected chi connectivity index (χ2v) is 4.44. The molecule has 2 nitrogen and oxygen atoms in total. The molecule has 1 aromatic carbocycles. The van der Waals surface area contributed by atoms with Gasteiger partial charge in [-0.25, -0.2) is 0 Å². The molecule has 0 saturated carbocycles. The molecule has 0 fully saturated rings. The average Bonchev–Trinajstić information content (AvgIpc) is 2.64. The van der Waals surface area contributed by atoms with Crippen LogP contribution in [0.1, 0.15) is 17.5 Å². The van der Waals surface area contributed by atoms with Gasteiger partial charge in [0.15, 0.2) is 0 Å². The van der Waals surface area contributed by atoms with Gasteiger partial charge in [0.1, 0.15) is 12.4 Å². The summed E-state index contributed by atoms with van der Waals surface area (Å²) >= 11 is 0. The van der Waals surface area contributed by atoms with E-state index in [1.807, 2.05) is 0 Å². The Morgan fingerprint density at radius 2 is 2.00 bits per heavy atom. The molecule has 0 bridgehead atoms. The fourth-order valence-electron chi connectivity index (χ4n) is 1.98. The van der Waals surface area contributed by atoms with Crippen LogP contribution in [-0.2, 0) is 12.8 Å². The van der Waals surface area contributed by atoms with Gasteiger partial charge in [-0.1, -0.05) is 6.07 Å². The van der Waals surface area contributed by atoms with Crippen molar-refractivity contribution in [3.63, 3.8) is 0 Å². The second-order valence-electron chi connectivity index (χ2n) is 4.44. The van der Waals surface area contributed by atoms with Crippen LogP contribution >= 0.6 is 0 Å². The molecule has 15 heavy (non-hydrogen) atoms. The molecule has 2 heteroatoms. The van der Waals surface area contributed by atoms with Crippen molar-refractivity contribution in [2.45, 2.75) is 19.3 Å². The molecule has 1 aromatic rings. The quantitative estimate of drug-likeness (QED) is 0.746. The summed E-state index contributed by atoms with van der Waals surface area (Å²) in [7, 11) is 4.12. The molecule has 82 valence electrons. The molecule has 2 rings (SSSR count). The lowest BCUT2D eigenvalue weighted by atomic mass is 10.1. The zero-order valence-electron chi connectivity index (χ0n) is 9.62. The van der Waals surface area contributed by atoms with E-state index >= 15 is 0 Å². The van der Waals surface area contributed by atoms with Crippen LogP contribution < -0.4 is 4.74 Å². The van der Waals surface area contributed by atoms with Crippen LogP contribution in [0.15, 0.2) is 18.2 Å². The first-order chi connectivity index (χ1) is 7.25. The Bertz CT molecular complexity index is 333. The van der Waals surface area contributed by atoms with Crippen LogP contribution in [-0.4, -0.2) is 32.1 Å². The van der Waals surface area contributed by atoms with Crippen LogP contribution in [0, 0.1) is 0 Å². The summed E-state index contributed by atoms with van der Waals surface area (Å²) in [5.74, 6) is 1.03. The van der Waals surface area contributed by atoms with Crippen LogP contribution in [0.4, 0.5) is 0 Å². The fraction of sp³-hybridized carbons (Fsp3) is 0.538. The van der Waals surface area contributed by atoms with E-state index in [9.17, 15) is 0 Å². The van der Waals surface area contributed by atoms with Crippen molar-refractivity contribution in [1.82, 2.24) is 4.90 Å². The van der Waals surface area contributed by atoms with Crippen molar-refractivity contribution in [2.75, 3.05) is 27.2 Å². The van der Waals surface area contributed by atoms with Crippen molar-refractivity contribution in [3.05, 3.63) is 29.3 Å². The van der Waals surface area contributed by atoms with Gasteiger partial charge in [0.2, 0.25) is 0 Å². The maximum atomic E-state index is 5.70. The smallest absolute Gasteiger partial charge is 0.119 e. The first-order valence-corrected chi connectivity index (χ1v) is 5.65. The van der Waals surface area contributed by atoms with E-state index in [0.29, 0.717) is 0 Å². The number of fused-ring (bicyclic) bond motifs is 1. The third-order valence-corrected chi connectivity index (χ3v) is 2.88. The van der Waals surface area contributed by atoms with Gasteiger partial charge in [0.25, 0.3) is 0 Å². The predicted octanol–water partition coefficient (Wildman–Crippen LogP) is 2.12. The SMILES string of the molecule is CN(C)CCOc1ccc2c(c1)CCC2. The van der Waals surface area contributed by atoms with Crippen molar-refractivity contribution in [2.24, 2.45) is 0 Å². The normalized spacial score (nSPS) is 14.3. The third kappa shape index (κ3) is 2.72. The number of rotatable bonds is 4. The Morgan fingerprint density at radius 3 is 2.80 bits per heavy atom. The molecule has 0 heterocycles. The molecule has 0 amide bonds. The highest BCUT2D eigenvalue weighted by atomic mass is 16.5. The Morgan fingerprint density at radius 1 is 1.20 bits per heavy atom. The van der Waals surface area contributed by atoms with E-state index in [1.54, 1.807) is 0 Å². The number of aryl methyl sites for hydroxylation is 2. The van der Waals surface area contributed by atoms with Gasteiger partial charge < -0.3 is 9.64 Å². The highest BCUT2D eigenvalue weighted by molar-refractivity contribution is 5.38. The minimum Gasteiger partial charge on any atom is -0.492 e. The van der Waals surface area contributed by atoms with E-state index in [0.717, 1.165) is 18.9 Å². The summed E-state index contributed by atoms with van der Waals surface area (Å²) < 4.78 is 5.70. The van der Waals surface area contributed by atoms with Gasteiger partial charge in [0, 0.05) is 6.54 Å². The molecular formula is C13H19NO. The zero-order chi connectivity index (χ0) is 10.7. The van der Waals surface area contributed by atoms with Gasteiger partial charge in [-0.15, -0.1) is 0 Å². The molecular weight excluding hydrogens is 186 g/mol. The molecule has 0 atom stereocenters. The molecule has 0 radical (unpaired) electrons. The Balaban J connectivity index is 1.92.